The Balaban J connectivity index is 1.20. The largest absolute Gasteiger partial charge is 0.353 e. The minimum atomic E-state index is -0.440. The second-order valence-electron chi connectivity index (χ2n) is 6.91. The van der Waals surface area contributed by atoms with Crippen LogP contribution in [0.5, 0.6) is 0 Å². The summed E-state index contributed by atoms with van der Waals surface area (Å²) in [4.78, 5) is 25.5. The highest BCUT2D eigenvalue weighted by Crippen LogP contribution is 2.54. The number of aromatic nitrogens is 3. The summed E-state index contributed by atoms with van der Waals surface area (Å²) in [5, 5.41) is 2.98. The summed E-state index contributed by atoms with van der Waals surface area (Å²) in [5.74, 6) is 1.37. The lowest BCUT2D eigenvalue weighted by molar-refractivity contribution is -0.116. The highest BCUT2D eigenvalue weighted by atomic mass is 35.5. The molecule has 1 saturated carbocycles. The van der Waals surface area contributed by atoms with E-state index in [1.807, 2.05) is 17.0 Å². The second kappa shape index (κ2) is 7.60. The van der Waals surface area contributed by atoms with Crippen LogP contribution in [0.4, 0.5) is 10.2 Å². The van der Waals surface area contributed by atoms with Crippen molar-refractivity contribution in [2.45, 2.75) is 6.42 Å². The zero-order valence-electron chi connectivity index (χ0n) is 14.6. The summed E-state index contributed by atoms with van der Waals surface area (Å²) in [6, 6.07) is 3.72. The van der Waals surface area contributed by atoms with Crippen molar-refractivity contribution in [3.63, 3.8) is 0 Å². The Morgan fingerprint density at radius 1 is 1.37 bits per heavy atom. The SMILES string of the molecule is O=C(/C=C/c1cccnc1)NCCC1[C@H]2CN(c3nc(Cl)ncc3F)C[C@@H]12. The van der Waals surface area contributed by atoms with Gasteiger partial charge in [-0.15, -0.1) is 0 Å². The molecule has 27 heavy (non-hydrogen) atoms. The van der Waals surface area contributed by atoms with E-state index in [-0.39, 0.29) is 17.0 Å². The van der Waals surface area contributed by atoms with Gasteiger partial charge in [0.2, 0.25) is 11.2 Å². The lowest BCUT2D eigenvalue weighted by Crippen LogP contribution is -2.28. The molecule has 3 heterocycles. The van der Waals surface area contributed by atoms with Crippen LogP contribution in [0.15, 0.2) is 36.8 Å². The number of nitrogens with zero attached hydrogens (tertiary/aromatic N) is 4. The Morgan fingerprint density at radius 2 is 2.19 bits per heavy atom. The monoisotopic (exact) mass is 387 g/mol. The fourth-order valence-corrected chi connectivity index (χ4v) is 4.01. The van der Waals surface area contributed by atoms with Crippen LogP contribution in [0.2, 0.25) is 5.28 Å². The van der Waals surface area contributed by atoms with E-state index in [4.69, 9.17) is 11.6 Å². The van der Waals surface area contributed by atoms with Crippen LogP contribution in [0.25, 0.3) is 6.08 Å². The Hall–Kier alpha value is -2.54. The van der Waals surface area contributed by atoms with Crippen LogP contribution in [0.1, 0.15) is 12.0 Å². The molecular weight excluding hydrogens is 369 g/mol. The zero-order chi connectivity index (χ0) is 18.8. The predicted octanol–water partition coefficient (Wildman–Crippen LogP) is 2.57. The number of halogens is 2. The predicted molar refractivity (Wildman–Crippen MR) is 101 cm³/mol. The molecule has 1 amide bonds. The molecule has 2 fully saturated rings. The van der Waals surface area contributed by atoms with E-state index in [2.05, 4.69) is 20.3 Å². The van der Waals surface area contributed by atoms with Gasteiger partial charge in [0.15, 0.2) is 11.6 Å². The fourth-order valence-electron chi connectivity index (χ4n) is 3.88. The van der Waals surface area contributed by atoms with Crippen LogP contribution >= 0.6 is 11.6 Å². The van der Waals surface area contributed by atoms with Crippen LogP contribution in [0.3, 0.4) is 0 Å². The van der Waals surface area contributed by atoms with E-state index < -0.39 is 5.82 Å². The van der Waals surface area contributed by atoms with E-state index >= 15 is 0 Å². The molecule has 2 aromatic rings. The highest BCUT2D eigenvalue weighted by Gasteiger charge is 2.55. The Labute approximate surface area is 161 Å². The van der Waals surface area contributed by atoms with E-state index in [0.717, 1.165) is 31.3 Å². The maximum atomic E-state index is 13.9. The molecule has 0 bridgehead atoms. The van der Waals surface area contributed by atoms with Gasteiger partial charge in [-0.05, 0) is 53.5 Å². The number of nitrogens with one attached hydrogen (secondary N) is 1. The molecule has 1 N–H and O–H groups in total. The van der Waals surface area contributed by atoms with Crippen LogP contribution in [-0.4, -0.2) is 40.5 Å². The number of hydrogen-bond acceptors (Lipinski definition) is 5. The van der Waals surface area contributed by atoms with Crippen LogP contribution < -0.4 is 10.2 Å². The molecule has 140 valence electrons. The molecule has 0 radical (unpaired) electrons. The fraction of sp³-hybridized carbons (Fsp3) is 0.368. The molecule has 2 aromatic heterocycles. The summed E-state index contributed by atoms with van der Waals surface area (Å²) in [6.45, 7) is 2.18. The van der Waals surface area contributed by atoms with Gasteiger partial charge in [0.1, 0.15) is 0 Å². The highest BCUT2D eigenvalue weighted by molar-refractivity contribution is 6.28. The smallest absolute Gasteiger partial charge is 0.244 e. The minimum absolute atomic E-state index is 0.0607. The van der Waals surface area contributed by atoms with Gasteiger partial charge in [0.05, 0.1) is 6.20 Å². The number of carbonyl (C=O) groups is 1. The quantitative estimate of drug-likeness (QED) is 0.609. The van der Waals surface area contributed by atoms with Gasteiger partial charge in [0.25, 0.3) is 0 Å². The van der Waals surface area contributed by atoms with Crippen molar-refractivity contribution in [2.75, 3.05) is 24.5 Å². The number of amides is 1. The van der Waals surface area contributed by atoms with E-state index in [0.29, 0.717) is 24.3 Å². The number of rotatable bonds is 6. The van der Waals surface area contributed by atoms with Crippen molar-refractivity contribution >= 4 is 29.4 Å². The zero-order valence-corrected chi connectivity index (χ0v) is 15.3. The summed E-state index contributed by atoms with van der Waals surface area (Å²) in [5.41, 5.74) is 0.890. The lowest BCUT2D eigenvalue weighted by Gasteiger charge is -2.21. The standard InChI is InChI=1S/C19H19ClFN5O/c20-19-24-9-16(21)18(25-19)26-10-14-13(15(14)11-26)5-7-23-17(27)4-3-12-2-1-6-22-8-12/h1-4,6,8-9,13-15H,5,7,10-11H2,(H,23,27)/b4-3+/t13?,14-,15+. The Bertz CT molecular complexity index is 850. The first kappa shape index (κ1) is 17.9. The maximum absolute atomic E-state index is 13.9. The van der Waals surface area contributed by atoms with Crippen molar-refractivity contribution in [3.8, 4) is 0 Å². The maximum Gasteiger partial charge on any atom is 0.244 e. The van der Waals surface area contributed by atoms with Gasteiger partial charge in [0, 0.05) is 38.1 Å². The lowest BCUT2D eigenvalue weighted by atomic mass is 10.2. The van der Waals surface area contributed by atoms with Crippen LogP contribution in [0, 0.1) is 23.6 Å². The van der Waals surface area contributed by atoms with Crippen molar-refractivity contribution in [2.24, 2.45) is 17.8 Å². The number of fused-ring (bicyclic) bond motifs is 1. The van der Waals surface area contributed by atoms with Gasteiger partial charge in [-0.3, -0.25) is 9.78 Å². The second-order valence-corrected chi connectivity index (χ2v) is 7.24. The molecule has 2 aliphatic rings. The normalized spacial score (nSPS) is 23.5. The average molecular weight is 388 g/mol. The third-order valence-corrected chi connectivity index (χ3v) is 5.44. The van der Waals surface area contributed by atoms with Gasteiger partial charge in [-0.25, -0.2) is 9.37 Å². The average Bonchev–Trinajstić information content (AvgIpc) is 3.12. The molecule has 0 spiro atoms. The van der Waals surface area contributed by atoms with Crippen molar-refractivity contribution in [3.05, 3.63) is 53.5 Å². The summed E-state index contributed by atoms with van der Waals surface area (Å²) < 4.78 is 13.9. The first-order valence-corrected chi connectivity index (χ1v) is 9.28. The molecule has 1 saturated heterocycles. The molecule has 4 rings (SSSR count). The topological polar surface area (TPSA) is 71.0 Å². The molecule has 0 aromatic carbocycles. The van der Waals surface area contributed by atoms with Crippen molar-refractivity contribution < 1.29 is 9.18 Å². The number of piperidine rings is 1. The number of hydrogen-bond donors (Lipinski definition) is 1. The molecule has 1 unspecified atom stereocenters. The van der Waals surface area contributed by atoms with E-state index in [1.54, 1.807) is 18.5 Å². The molecular formula is C19H19ClFN5O. The summed E-state index contributed by atoms with van der Waals surface area (Å²) in [6.07, 6.45) is 8.71. The van der Waals surface area contributed by atoms with E-state index in [9.17, 15) is 9.18 Å². The third-order valence-electron chi connectivity index (χ3n) is 5.26. The summed E-state index contributed by atoms with van der Waals surface area (Å²) >= 11 is 5.77. The Kier molecular flexibility index (Phi) is 5.03. The molecule has 8 heteroatoms. The summed E-state index contributed by atoms with van der Waals surface area (Å²) in [7, 11) is 0. The van der Waals surface area contributed by atoms with Crippen molar-refractivity contribution in [1.29, 1.82) is 0 Å². The molecule has 1 aliphatic heterocycles. The minimum Gasteiger partial charge on any atom is -0.353 e. The van der Waals surface area contributed by atoms with E-state index in [1.165, 1.54) is 6.08 Å². The van der Waals surface area contributed by atoms with Gasteiger partial charge in [-0.2, -0.15) is 4.98 Å². The first-order valence-electron chi connectivity index (χ1n) is 8.91. The molecule has 6 nitrogen and oxygen atoms in total. The molecule has 1 aliphatic carbocycles. The number of carbonyl (C=O) groups excluding carboxylic acids is 1. The Morgan fingerprint density at radius 3 is 2.93 bits per heavy atom. The van der Waals surface area contributed by atoms with Gasteiger partial charge >= 0.3 is 0 Å². The first-order chi connectivity index (χ1) is 13.1. The van der Waals surface area contributed by atoms with Crippen LogP contribution in [-0.2, 0) is 4.79 Å². The molecule has 3 atom stereocenters. The third kappa shape index (κ3) is 4.08. The van der Waals surface area contributed by atoms with Gasteiger partial charge < -0.3 is 10.2 Å². The number of anilines is 1. The number of pyridine rings is 1. The van der Waals surface area contributed by atoms with Gasteiger partial charge in [-0.1, -0.05) is 6.07 Å². The van der Waals surface area contributed by atoms with Crippen molar-refractivity contribution in [1.82, 2.24) is 20.3 Å².